The van der Waals surface area contributed by atoms with Crippen molar-refractivity contribution in [1.29, 1.82) is 0 Å². The largest absolute Gasteiger partial charge is 0.497 e. The zero-order valence-corrected chi connectivity index (χ0v) is 12.7. The maximum absolute atomic E-state index is 12.7. The topological polar surface area (TPSA) is 66.8 Å². The first kappa shape index (κ1) is 14.9. The van der Waals surface area contributed by atoms with Crippen LogP contribution < -0.4 is 4.74 Å². The van der Waals surface area contributed by atoms with Crippen LogP contribution in [-0.2, 0) is 9.59 Å². The zero-order valence-electron chi connectivity index (χ0n) is 12.7. The first-order valence-corrected chi connectivity index (χ1v) is 7.79. The fourth-order valence-electron chi connectivity index (χ4n) is 3.53. The standard InChI is InChI=1S/C17H21NO4/c1-22-12-5-2-4-11(10-12)15-6-3-9-18(15)16(19)13-7-8-14(13)17(20)21/h2,4-5,10,13-15H,3,6-9H2,1H3,(H,20,21). The van der Waals surface area contributed by atoms with Gasteiger partial charge in [-0.3, -0.25) is 9.59 Å². The minimum absolute atomic E-state index is 0.00368. The fourth-order valence-corrected chi connectivity index (χ4v) is 3.53. The van der Waals surface area contributed by atoms with Gasteiger partial charge in [0.05, 0.1) is 25.0 Å². The predicted molar refractivity (Wildman–Crippen MR) is 80.5 cm³/mol. The third-order valence-electron chi connectivity index (χ3n) is 4.92. The van der Waals surface area contributed by atoms with Crippen molar-refractivity contribution < 1.29 is 19.4 Å². The van der Waals surface area contributed by atoms with Crippen LogP contribution >= 0.6 is 0 Å². The van der Waals surface area contributed by atoms with Gasteiger partial charge in [0.2, 0.25) is 5.91 Å². The van der Waals surface area contributed by atoms with Crippen molar-refractivity contribution >= 4 is 11.9 Å². The van der Waals surface area contributed by atoms with E-state index in [1.54, 1.807) is 7.11 Å². The summed E-state index contributed by atoms with van der Waals surface area (Å²) in [6, 6.07) is 7.83. The molecule has 1 amide bonds. The number of hydrogen-bond donors (Lipinski definition) is 1. The summed E-state index contributed by atoms with van der Waals surface area (Å²) in [4.78, 5) is 25.7. The normalized spacial score (nSPS) is 27.3. The van der Waals surface area contributed by atoms with E-state index < -0.39 is 11.9 Å². The zero-order chi connectivity index (χ0) is 15.7. The van der Waals surface area contributed by atoms with E-state index in [1.807, 2.05) is 29.2 Å². The number of hydrogen-bond acceptors (Lipinski definition) is 3. The van der Waals surface area contributed by atoms with Crippen LogP contribution in [0.3, 0.4) is 0 Å². The van der Waals surface area contributed by atoms with E-state index >= 15 is 0 Å². The van der Waals surface area contributed by atoms with Crippen LogP contribution in [0.1, 0.15) is 37.3 Å². The summed E-state index contributed by atoms with van der Waals surface area (Å²) in [5, 5.41) is 9.16. The summed E-state index contributed by atoms with van der Waals surface area (Å²) in [6.45, 7) is 0.712. The van der Waals surface area contributed by atoms with Crippen molar-refractivity contribution in [2.24, 2.45) is 11.8 Å². The maximum atomic E-state index is 12.7. The van der Waals surface area contributed by atoms with Crippen LogP contribution in [0.2, 0.25) is 0 Å². The quantitative estimate of drug-likeness (QED) is 0.928. The van der Waals surface area contributed by atoms with Gasteiger partial charge in [-0.1, -0.05) is 12.1 Å². The summed E-state index contributed by atoms with van der Waals surface area (Å²) in [7, 11) is 1.63. The maximum Gasteiger partial charge on any atom is 0.307 e. The SMILES string of the molecule is COc1cccc(C2CCCN2C(=O)C2CCC2C(=O)O)c1. The lowest BCUT2D eigenvalue weighted by atomic mass is 9.72. The van der Waals surface area contributed by atoms with Crippen molar-refractivity contribution in [2.75, 3.05) is 13.7 Å². The molecule has 1 saturated heterocycles. The lowest BCUT2D eigenvalue weighted by molar-refractivity contribution is -0.157. The molecule has 2 fully saturated rings. The first-order valence-electron chi connectivity index (χ1n) is 7.79. The van der Waals surface area contributed by atoms with E-state index in [4.69, 9.17) is 9.84 Å². The molecule has 1 aliphatic carbocycles. The highest BCUT2D eigenvalue weighted by Gasteiger charge is 2.45. The Labute approximate surface area is 129 Å². The number of amides is 1. The highest BCUT2D eigenvalue weighted by atomic mass is 16.5. The molecule has 1 aromatic carbocycles. The average molecular weight is 303 g/mol. The minimum atomic E-state index is -0.846. The second-order valence-corrected chi connectivity index (χ2v) is 6.09. The molecule has 1 N–H and O–H groups in total. The second kappa shape index (κ2) is 5.99. The van der Waals surface area contributed by atoms with Crippen LogP contribution in [-0.4, -0.2) is 35.5 Å². The lowest BCUT2D eigenvalue weighted by Gasteiger charge is -2.37. The number of nitrogens with zero attached hydrogens (tertiary/aromatic N) is 1. The summed E-state index contributed by atoms with van der Waals surface area (Å²) < 4.78 is 5.26. The molecule has 0 radical (unpaired) electrons. The Balaban J connectivity index is 1.78. The van der Waals surface area contributed by atoms with E-state index in [2.05, 4.69) is 0 Å². The molecule has 118 valence electrons. The van der Waals surface area contributed by atoms with E-state index in [1.165, 1.54) is 0 Å². The average Bonchev–Trinajstić information content (AvgIpc) is 2.95. The molecule has 1 aliphatic heterocycles. The molecule has 3 rings (SSSR count). The van der Waals surface area contributed by atoms with E-state index in [0.29, 0.717) is 19.4 Å². The van der Waals surface area contributed by atoms with Crippen molar-refractivity contribution in [2.45, 2.75) is 31.7 Å². The van der Waals surface area contributed by atoms with Gasteiger partial charge < -0.3 is 14.7 Å². The lowest BCUT2D eigenvalue weighted by Crippen LogP contribution is -2.45. The Kier molecular flexibility index (Phi) is 4.05. The van der Waals surface area contributed by atoms with Gasteiger partial charge in [-0.15, -0.1) is 0 Å². The van der Waals surface area contributed by atoms with E-state index in [-0.39, 0.29) is 17.9 Å². The summed E-state index contributed by atoms with van der Waals surface area (Å²) in [5.74, 6) is -0.905. The third kappa shape index (κ3) is 2.56. The van der Waals surface area contributed by atoms with Crippen LogP contribution in [0.15, 0.2) is 24.3 Å². The molecule has 5 heteroatoms. The van der Waals surface area contributed by atoms with Gasteiger partial charge in [-0.25, -0.2) is 0 Å². The van der Waals surface area contributed by atoms with Gasteiger partial charge >= 0.3 is 5.97 Å². The molecule has 3 atom stereocenters. The summed E-state index contributed by atoms with van der Waals surface area (Å²) >= 11 is 0. The number of benzene rings is 1. The van der Waals surface area contributed by atoms with Gasteiger partial charge in [0, 0.05) is 6.54 Å². The Hall–Kier alpha value is -2.04. The van der Waals surface area contributed by atoms with Gasteiger partial charge in [-0.05, 0) is 43.4 Å². The molecular weight excluding hydrogens is 282 g/mol. The first-order chi connectivity index (χ1) is 10.6. The predicted octanol–water partition coefficient (Wildman–Crippen LogP) is 2.47. The third-order valence-corrected chi connectivity index (χ3v) is 4.92. The van der Waals surface area contributed by atoms with Crippen molar-refractivity contribution in [3.63, 3.8) is 0 Å². The number of carboxylic acids is 1. The van der Waals surface area contributed by atoms with Crippen molar-refractivity contribution in [1.82, 2.24) is 4.90 Å². The van der Waals surface area contributed by atoms with E-state index in [0.717, 1.165) is 24.2 Å². The number of aliphatic carboxylic acids is 1. The molecule has 1 aromatic rings. The fraction of sp³-hybridized carbons (Fsp3) is 0.529. The molecule has 0 bridgehead atoms. The number of carbonyl (C=O) groups is 2. The summed E-state index contributed by atoms with van der Waals surface area (Å²) in [6.07, 6.45) is 3.18. The Morgan fingerprint density at radius 3 is 2.64 bits per heavy atom. The molecule has 1 heterocycles. The van der Waals surface area contributed by atoms with Crippen LogP contribution in [0, 0.1) is 11.8 Å². The summed E-state index contributed by atoms with van der Waals surface area (Å²) in [5.41, 5.74) is 1.07. The highest BCUT2D eigenvalue weighted by molar-refractivity contribution is 5.86. The minimum Gasteiger partial charge on any atom is -0.497 e. The number of carbonyl (C=O) groups excluding carboxylic acids is 1. The molecule has 1 saturated carbocycles. The Bertz CT molecular complexity index is 586. The van der Waals surface area contributed by atoms with Crippen molar-refractivity contribution in [3.05, 3.63) is 29.8 Å². The number of carboxylic acid groups (broad SMARTS) is 1. The van der Waals surface area contributed by atoms with E-state index in [9.17, 15) is 9.59 Å². The van der Waals surface area contributed by atoms with Crippen LogP contribution in [0.4, 0.5) is 0 Å². The van der Waals surface area contributed by atoms with Gasteiger partial charge in [0.15, 0.2) is 0 Å². The molecular formula is C17H21NO4. The molecule has 5 nitrogen and oxygen atoms in total. The molecule has 22 heavy (non-hydrogen) atoms. The van der Waals surface area contributed by atoms with Crippen LogP contribution in [0.25, 0.3) is 0 Å². The molecule has 0 aromatic heterocycles. The number of likely N-dealkylation sites (tertiary alicyclic amines) is 1. The number of ether oxygens (including phenoxy) is 1. The highest BCUT2D eigenvalue weighted by Crippen LogP contribution is 2.40. The van der Waals surface area contributed by atoms with Gasteiger partial charge in [-0.2, -0.15) is 0 Å². The van der Waals surface area contributed by atoms with Gasteiger partial charge in [0.25, 0.3) is 0 Å². The number of methoxy groups -OCH3 is 1. The Morgan fingerprint density at radius 2 is 2.00 bits per heavy atom. The molecule has 0 spiro atoms. The Morgan fingerprint density at radius 1 is 1.23 bits per heavy atom. The van der Waals surface area contributed by atoms with Crippen LogP contribution in [0.5, 0.6) is 5.75 Å². The smallest absolute Gasteiger partial charge is 0.307 e. The molecule has 2 aliphatic rings. The van der Waals surface area contributed by atoms with Crippen molar-refractivity contribution in [3.8, 4) is 5.75 Å². The number of rotatable bonds is 4. The monoisotopic (exact) mass is 303 g/mol. The molecule has 3 unspecified atom stereocenters. The second-order valence-electron chi connectivity index (χ2n) is 6.09. The van der Waals surface area contributed by atoms with Gasteiger partial charge in [0.1, 0.15) is 5.75 Å².